The van der Waals surface area contributed by atoms with Gasteiger partial charge in [-0.2, -0.15) is 0 Å². The molecule has 0 aliphatic carbocycles. The largest absolute Gasteiger partial charge is 0.497 e. The van der Waals surface area contributed by atoms with Crippen molar-refractivity contribution in [3.8, 4) is 11.5 Å². The first-order valence-corrected chi connectivity index (χ1v) is 7.30. The molecule has 0 bridgehead atoms. The maximum absolute atomic E-state index is 6.50. The van der Waals surface area contributed by atoms with Crippen LogP contribution >= 0.6 is 0 Å². The molecule has 2 unspecified atom stereocenters. The van der Waals surface area contributed by atoms with Crippen LogP contribution in [0.4, 0.5) is 0 Å². The van der Waals surface area contributed by atoms with Gasteiger partial charge >= 0.3 is 0 Å². The average molecular weight is 283 g/mol. The number of hydrogen-bond donors (Lipinski definition) is 1. The van der Waals surface area contributed by atoms with Crippen molar-refractivity contribution >= 4 is 0 Å². The lowest BCUT2D eigenvalue weighted by molar-refractivity contribution is 0.199. The van der Waals surface area contributed by atoms with E-state index in [1.54, 1.807) is 7.11 Å². The Labute approximate surface area is 125 Å². The highest BCUT2D eigenvalue weighted by Gasteiger charge is 2.26. The van der Waals surface area contributed by atoms with E-state index in [4.69, 9.17) is 15.2 Å². The standard InChI is InChI=1S/C18H21NO2/c1-12-9-15(20-2)7-8-16(12)18(19)14-10-13-5-3-4-6-17(13)21-11-14/h3-9,14,18H,10-11,19H2,1-2H3. The number of nitrogens with two attached hydrogens (primary N) is 1. The molecule has 1 aliphatic heterocycles. The van der Waals surface area contributed by atoms with E-state index < -0.39 is 0 Å². The molecule has 21 heavy (non-hydrogen) atoms. The van der Waals surface area contributed by atoms with Gasteiger partial charge in [-0.25, -0.2) is 0 Å². The van der Waals surface area contributed by atoms with E-state index in [9.17, 15) is 0 Å². The summed E-state index contributed by atoms with van der Waals surface area (Å²) in [6, 6.07) is 14.3. The summed E-state index contributed by atoms with van der Waals surface area (Å²) in [7, 11) is 1.68. The van der Waals surface area contributed by atoms with Gasteiger partial charge in [0.25, 0.3) is 0 Å². The van der Waals surface area contributed by atoms with Gasteiger partial charge in [0.1, 0.15) is 11.5 Å². The van der Waals surface area contributed by atoms with Gasteiger partial charge in [0, 0.05) is 12.0 Å². The number of aryl methyl sites for hydroxylation is 1. The second kappa shape index (κ2) is 5.78. The monoisotopic (exact) mass is 283 g/mol. The highest BCUT2D eigenvalue weighted by atomic mass is 16.5. The minimum Gasteiger partial charge on any atom is -0.497 e. The molecule has 0 amide bonds. The topological polar surface area (TPSA) is 44.5 Å². The normalized spacial score (nSPS) is 18.5. The molecule has 0 fully saturated rings. The van der Waals surface area contributed by atoms with Crippen LogP contribution in [0, 0.1) is 12.8 Å². The second-order valence-corrected chi connectivity index (χ2v) is 5.63. The fraction of sp³-hybridized carbons (Fsp3) is 0.333. The van der Waals surface area contributed by atoms with Crippen LogP contribution in [0.1, 0.15) is 22.7 Å². The number of methoxy groups -OCH3 is 1. The van der Waals surface area contributed by atoms with Crippen LogP contribution < -0.4 is 15.2 Å². The van der Waals surface area contributed by atoms with Crippen molar-refractivity contribution in [1.82, 2.24) is 0 Å². The summed E-state index contributed by atoms with van der Waals surface area (Å²) < 4.78 is 11.1. The van der Waals surface area contributed by atoms with E-state index >= 15 is 0 Å². The number of benzene rings is 2. The molecule has 0 spiro atoms. The smallest absolute Gasteiger partial charge is 0.122 e. The summed E-state index contributed by atoms with van der Waals surface area (Å²) in [5.74, 6) is 2.16. The number of fused-ring (bicyclic) bond motifs is 1. The summed E-state index contributed by atoms with van der Waals surface area (Å²) in [4.78, 5) is 0. The van der Waals surface area contributed by atoms with Crippen molar-refractivity contribution in [3.63, 3.8) is 0 Å². The van der Waals surface area contributed by atoms with Crippen LogP contribution in [0.5, 0.6) is 11.5 Å². The third-order valence-corrected chi connectivity index (χ3v) is 4.25. The van der Waals surface area contributed by atoms with Crippen molar-refractivity contribution < 1.29 is 9.47 Å². The molecule has 2 aromatic carbocycles. The fourth-order valence-corrected chi connectivity index (χ4v) is 2.99. The Morgan fingerprint density at radius 3 is 2.81 bits per heavy atom. The molecule has 3 nitrogen and oxygen atoms in total. The highest BCUT2D eigenvalue weighted by molar-refractivity contribution is 5.39. The quantitative estimate of drug-likeness (QED) is 0.940. The van der Waals surface area contributed by atoms with E-state index in [1.807, 2.05) is 24.3 Å². The molecule has 2 atom stereocenters. The lowest BCUT2D eigenvalue weighted by Crippen LogP contribution is -2.31. The predicted molar refractivity (Wildman–Crippen MR) is 83.8 cm³/mol. The van der Waals surface area contributed by atoms with Crippen molar-refractivity contribution in [2.75, 3.05) is 13.7 Å². The maximum Gasteiger partial charge on any atom is 0.122 e. The van der Waals surface area contributed by atoms with E-state index in [-0.39, 0.29) is 6.04 Å². The molecule has 2 aromatic rings. The first-order valence-electron chi connectivity index (χ1n) is 7.30. The zero-order chi connectivity index (χ0) is 14.8. The molecule has 0 aromatic heterocycles. The van der Waals surface area contributed by atoms with Crippen molar-refractivity contribution in [1.29, 1.82) is 0 Å². The molecular weight excluding hydrogens is 262 g/mol. The molecule has 3 rings (SSSR count). The third kappa shape index (κ3) is 2.74. The van der Waals surface area contributed by atoms with E-state index in [2.05, 4.69) is 25.1 Å². The van der Waals surface area contributed by atoms with Crippen molar-refractivity contribution in [2.45, 2.75) is 19.4 Å². The summed E-state index contributed by atoms with van der Waals surface area (Å²) in [5, 5.41) is 0. The van der Waals surface area contributed by atoms with Gasteiger partial charge < -0.3 is 15.2 Å². The maximum atomic E-state index is 6.50. The highest BCUT2D eigenvalue weighted by Crippen LogP contribution is 2.34. The molecule has 110 valence electrons. The lowest BCUT2D eigenvalue weighted by Gasteiger charge is -2.30. The number of hydrogen-bond acceptors (Lipinski definition) is 3. The second-order valence-electron chi connectivity index (χ2n) is 5.63. The summed E-state index contributed by atoms with van der Waals surface area (Å²) in [6.07, 6.45) is 0.961. The molecule has 1 aliphatic rings. The van der Waals surface area contributed by atoms with Crippen LogP contribution in [0.15, 0.2) is 42.5 Å². The summed E-state index contributed by atoms with van der Waals surface area (Å²) in [6.45, 7) is 2.75. The van der Waals surface area contributed by atoms with Gasteiger partial charge in [0.15, 0.2) is 0 Å². The Kier molecular flexibility index (Phi) is 3.84. The minimum atomic E-state index is -0.0238. The van der Waals surface area contributed by atoms with Gasteiger partial charge in [-0.05, 0) is 48.2 Å². The van der Waals surface area contributed by atoms with E-state index in [0.717, 1.165) is 17.9 Å². The summed E-state index contributed by atoms with van der Waals surface area (Å²) >= 11 is 0. The molecule has 0 radical (unpaired) electrons. The molecular formula is C18H21NO2. The molecule has 0 saturated carbocycles. The molecule has 2 N–H and O–H groups in total. The van der Waals surface area contributed by atoms with Gasteiger partial charge in [0.2, 0.25) is 0 Å². The Morgan fingerprint density at radius 1 is 1.24 bits per heavy atom. The fourth-order valence-electron chi connectivity index (χ4n) is 2.99. The van der Waals surface area contributed by atoms with Crippen LogP contribution in [0.2, 0.25) is 0 Å². The number of ether oxygens (including phenoxy) is 2. The predicted octanol–water partition coefficient (Wildman–Crippen LogP) is 3.25. The van der Waals surface area contributed by atoms with Gasteiger partial charge in [-0.1, -0.05) is 24.3 Å². The van der Waals surface area contributed by atoms with E-state index in [1.165, 1.54) is 16.7 Å². The zero-order valence-electron chi connectivity index (χ0n) is 12.5. The van der Waals surface area contributed by atoms with Gasteiger partial charge in [-0.15, -0.1) is 0 Å². The van der Waals surface area contributed by atoms with Crippen LogP contribution in [-0.4, -0.2) is 13.7 Å². The number of para-hydroxylation sites is 1. The Balaban J connectivity index is 1.82. The van der Waals surface area contributed by atoms with E-state index in [0.29, 0.717) is 12.5 Å². The van der Waals surface area contributed by atoms with Crippen molar-refractivity contribution in [2.24, 2.45) is 11.7 Å². The number of rotatable bonds is 3. The third-order valence-electron chi connectivity index (χ3n) is 4.25. The molecule has 3 heteroatoms. The molecule has 1 heterocycles. The van der Waals surface area contributed by atoms with Gasteiger partial charge in [0.05, 0.1) is 13.7 Å². The minimum absolute atomic E-state index is 0.0238. The Hall–Kier alpha value is -2.00. The SMILES string of the molecule is COc1ccc(C(N)C2COc3ccccc3C2)c(C)c1. The van der Waals surface area contributed by atoms with Crippen LogP contribution in [-0.2, 0) is 6.42 Å². The zero-order valence-corrected chi connectivity index (χ0v) is 12.5. The van der Waals surface area contributed by atoms with Crippen molar-refractivity contribution in [3.05, 3.63) is 59.2 Å². The van der Waals surface area contributed by atoms with Gasteiger partial charge in [-0.3, -0.25) is 0 Å². The van der Waals surface area contributed by atoms with Crippen LogP contribution in [0.25, 0.3) is 0 Å². The molecule has 0 saturated heterocycles. The lowest BCUT2D eigenvalue weighted by atomic mass is 9.85. The first-order chi connectivity index (χ1) is 10.2. The Morgan fingerprint density at radius 2 is 2.05 bits per heavy atom. The Bertz CT molecular complexity index is 639. The van der Waals surface area contributed by atoms with Crippen LogP contribution in [0.3, 0.4) is 0 Å². The average Bonchev–Trinajstić information content (AvgIpc) is 2.53. The summed E-state index contributed by atoms with van der Waals surface area (Å²) in [5.41, 5.74) is 10.1. The first kappa shape index (κ1) is 14.0.